The van der Waals surface area contributed by atoms with Crippen LogP contribution in [0.25, 0.3) is 16.8 Å². The van der Waals surface area contributed by atoms with Crippen LogP contribution in [-0.2, 0) is 11.3 Å². The summed E-state index contributed by atoms with van der Waals surface area (Å²) in [7, 11) is 0. The number of carbonyl (C=O) groups is 2. The third kappa shape index (κ3) is 5.43. The van der Waals surface area contributed by atoms with Gasteiger partial charge in [0, 0.05) is 24.8 Å². The van der Waals surface area contributed by atoms with E-state index in [-0.39, 0.29) is 17.1 Å². The van der Waals surface area contributed by atoms with E-state index < -0.39 is 5.91 Å². The maximum Gasteiger partial charge on any atom is 0.290 e. The second kappa shape index (κ2) is 9.90. The van der Waals surface area contributed by atoms with E-state index >= 15 is 0 Å². The van der Waals surface area contributed by atoms with Crippen molar-refractivity contribution in [3.63, 3.8) is 0 Å². The van der Waals surface area contributed by atoms with E-state index in [0.29, 0.717) is 22.6 Å². The number of amides is 2. The second-order valence-electron chi connectivity index (χ2n) is 8.56. The average molecular weight is 478 g/mol. The highest BCUT2D eigenvalue weighted by molar-refractivity contribution is 8.18. The number of imide groups is 1. The van der Waals surface area contributed by atoms with Gasteiger partial charge in [0.1, 0.15) is 5.82 Å². The van der Waals surface area contributed by atoms with Crippen molar-refractivity contribution in [3.05, 3.63) is 70.6 Å². The van der Waals surface area contributed by atoms with Crippen LogP contribution in [0.5, 0.6) is 0 Å². The SMILES string of the molecule is O=C1NC(=O)/C(=C\c2ccnc(NC3CCC(NCc4ccc5cc(F)ccc5c4)CC3)n2)S1. The zero-order chi connectivity index (χ0) is 23.5. The Bertz CT molecular complexity index is 1270. The predicted molar refractivity (Wildman–Crippen MR) is 132 cm³/mol. The number of aromatic nitrogens is 2. The minimum atomic E-state index is -0.397. The number of hydrogen-bond donors (Lipinski definition) is 3. The Morgan fingerprint density at radius 1 is 1.03 bits per heavy atom. The molecule has 0 unspecified atom stereocenters. The molecule has 1 aliphatic heterocycles. The lowest BCUT2D eigenvalue weighted by Crippen LogP contribution is -2.36. The third-order valence-electron chi connectivity index (χ3n) is 6.12. The molecular formula is C25H24FN5O2S. The summed E-state index contributed by atoms with van der Waals surface area (Å²) >= 11 is 0.873. The lowest BCUT2D eigenvalue weighted by molar-refractivity contribution is -0.115. The van der Waals surface area contributed by atoms with Crippen molar-refractivity contribution in [2.75, 3.05) is 5.32 Å². The molecule has 7 nitrogen and oxygen atoms in total. The van der Waals surface area contributed by atoms with Gasteiger partial charge in [0.05, 0.1) is 10.6 Å². The Labute approximate surface area is 200 Å². The Kier molecular flexibility index (Phi) is 6.55. The number of nitrogens with zero attached hydrogens (tertiary/aromatic N) is 2. The molecule has 1 saturated carbocycles. The molecule has 1 aromatic heterocycles. The molecule has 0 bridgehead atoms. The topological polar surface area (TPSA) is 96.0 Å². The van der Waals surface area contributed by atoms with E-state index in [1.807, 2.05) is 18.2 Å². The molecule has 3 aromatic rings. The first-order chi connectivity index (χ1) is 16.5. The Hall–Kier alpha value is -3.30. The summed E-state index contributed by atoms with van der Waals surface area (Å²) in [6.45, 7) is 0.782. The molecule has 5 rings (SSSR count). The number of thioether (sulfide) groups is 1. The molecule has 0 atom stereocenters. The van der Waals surface area contributed by atoms with E-state index in [2.05, 4.69) is 32.0 Å². The van der Waals surface area contributed by atoms with E-state index in [9.17, 15) is 14.0 Å². The number of nitrogens with one attached hydrogen (secondary N) is 3. The highest BCUT2D eigenvalue weighted by Gasteiger charge is 2.25. The fourth-order valence-electron chi connectivity index (χ4n) is 4.34. The van der Waals surface area contributed by atoms with E-state index in [1.165, 1.54) is 11.6 Å². The van der Waals surface area contributed by atoms with Crippen molar-refractivity contribution in [3.8, 4) is 0 Å². The quantitative estimate of drug-likeness (QED) is 0.446. The van der Waals surface area contributed by atoms with Crippen molar-refractivity contribution >= 4 is 45.7 Å². The summed E-state index contributed by atoms with van der Waals surface area (Å²) < 4.78 is 13.4. The first-order valence-corrected chi connectivity index (χ1v) is 12.1. The largest absolute Gasteiger partial charge is 0.351 e. The number of fused-ring (bicyclic) bond motifs is 1. The van der Waals surface area contributed by atoms with Crippen LogP contribution >= 0.6 is 11.8 Å². The fourth-order valence-corrected chi connectivity index (χ4v) is 5.01. The molecule has 2 fully saturated rings. The number of hydrogen-bond acceptors (Lipinski definition) is 7. The number of carbonyl (C=O) groups excluding carboxylic acids is 2. The summed E-state index contributed by atoms with van der Waals surface area (Å²) in [6, 6.07) is 13.4. The molecule has 34 heavy (non-hydrogen) atoms. The van der Waals surface area contributed by atoms with Gasteiger partial charge in [0.25, 0.3) is 11.1 Å². The molecular weight excluding hydrogens is 453 g/mol. The maximum atomic E-state index is 13.4. The van der Waals surface area contributed by atoms with Gasteiger partial charge < -0.3 is 10.6 Å². The number of halogens is 1. The summed E-state index contributed by atoms with van der Waals surface area (Å²) in [5.74, 6) is -0.0887. The first-order valence-electron chi connectivity index (χ1n) is 11.3. The molecule has 9 heteroatoms. The molecule has 2 aromatic carbocycles. The minimum Gasteiger partial charge on any atom is -0.351 e. The number of benzene rings is 2. The normalized spacial score (nSPS) is 21.7. The van der Waals surface area contributed by atoms with Gasteiger partial charge in [-0.15, -0.1) is 0 Å². The predicted octanol–water partition coefficient (Wildman–Crippen LogP) is 4.61. The lowest BCUT2D eigenvalue weighted by atomic mass is 9.91. The summed E-state index contributed by atoms with van der Waals surface area (Å²) in [5.41, 5.74) is 1.77. The summed E-state index contributed by atoms with van der Waals surface area (Å²) in [5, 5.41) is 10.9. The van der Waals surface area contributed by atoms with E-state index in [0.717, 1.165) is 54.8 Å². The van der Waals surface area contributed by atoms with Crippen molar-refractivity contribution in [2.45, 2.75) is 44.3 Å². The summed E-state index contributed by atoms with van der Waals surface area (Å²) in [4.78, 5) is 32.2. The highest BCUT2D eigenvalue weighted by atomic mass is 32.2. The van der Waals surface area contributed by atoms with Gasteiger partial charge in [0.15, 0.2) is 0 Å². The van der Waals surface area contributed by atoms with Gasteiger partial charge in [-0.1, -0.05) is 18.2 Å². The standard InChI is InChI=1S/C25H24FN5O2S/c26-18-4-3-16-11-15(1-2-17(16)12-18)14-28-19-5-7-20(8-6-19)29-24-27-10-9-21(30-24)13-22-23(32)31-25(33)34-22/h1-4,9-13,19-20,28H,5-8,14H2,(H,27,29,30)(H,31,32,33)/b22-13+. The molecule has 2 heterocycles. The van der Waals surface area contributed by atoms with Gasteiger partial charge in [-0.2, -0.15) is 0 Å². The average Bonchev–Trinajstić information content (AvgIpc) is 3.15. The number of rotatable bonds is 6. The van der Waals surface area contributed by atoms with Crippen molar-refractivity contribution < 1.29 is 14.0 Å². The summed E-state index contributed by atoms with van der Waals surface area (Å²) in [6.07, 6.45) is 7.32. The van der Waals surface area contributed by atoms with Crippen molar-refractivity contribution in [1.82, 2.24) is 20.6 Å². The number of anilines is 1. The van der Waals surface area contributed by atoms with Crippen molar-refractivity contribution in [2.24, 2.45) is 0 Å². The van der Waals surface area contributed by atoms with E-state index in [1.54, 1.807) is 24.4 Å². The van der Waals surface area contributed by atoms with Gasteiger partial charge >= 0.3 is 0 Å². The molecule has 3 N–H and O–H groups in total. The molecule has 174 valence electrons. The van der Waals surface area contributed by atoms with Gasteiger partial charge in [-0.25, -0.2) is 14.4 Å². The zero-order valence-corrected chi connectivity index (χ0v) is 19.2. The van der Waals surface area contributed by atoms with Crippen LogP contribution in [0.1, 0.15) is 36.9 Å². The molecule has 0 spiro atoms. The Balaban J connectivity index is 1.12. The lowest BCUT2D eigenvalue weighted by Gasteiger charge is -2.30. The highest BCUT2D eigenvalue weighted by Crippen LogP contribution is 2.26. The Morgan fingerprint density at radius 3 is 2.59 bits per heavy atom. The van der Waals surface area contributed by atoms with Crippen LogP contribution in [0.4, 0.5) is 15.1 Å². The van der Waals surface area contributed by atoms with Gasteiger partial charge in [0.2, 0.25) is 5.95 Å². The molecule has 1 aliphatic carbocycles. The third-order valence-corrected chi connectivity index (χ3v) is 6.93. The van der Waals surface area contributed by atoms with Crippen LogP contribution in [0.2, 0.25) is 0 Å². The maximum absolute atomic E-state index is 13.4. The molecule has 2 aliphatic rings. The van der Waals surface area contributed by atoms with Crippen LogP contribution < -0.4 is 16.0 Å². The molecule has 0 radical (unpaired) electrons. The smallest absolute Gasteiger partial charge is 0.290 e. The second-order valence-corrected chi connectivity index (χ2v) is 9.57. The van der Waals surface area contributed by atoms with Crippen LogP contribution in [0.15, 0.2) is 53.6 Å². The van der Waals surface area contributed by atoms with Gasteiger partial charge in [-0.05, 0) is 84.1 Å². The fraction of sp³-hybridized carbons (Fsp3) is 0.280. The van der Waals surface area contributed by atoms with Crippen LogP contribution in [0.3, 0.4) is 0 Å². The monoisotopic (exact) mass is 477 g/mol. The molecule has 2 amide bonds. The molecule has 1 saturated heterocycles. The van der Waals surface area contributed by atoms with Crippen LogP contribution in [0, 0.1) is 5.82 Å². The minimum absolute atomic E-state index is 0.213. The van der Waals surface area contributed by atoms with E-state index in [4.69, 9.17) is 0 Å². The van der Waals surface area contributed by atoms with Gasteiger partial charge in [-0.3, -0.25) is 14.9 Å². The van der Waals surface area contributed by atoms with Crippen molar-refractivity contribution in [1.29, 1.82) is 0 Å². The van der Waals surface area contributed by atoms with Crippen LogP contribution in [-0.4, -0.2) is 33.2 Å². The zero-order valence-electron chi connectivity index (χ0n) is 18.4. The first kappa shape index (κ1) is 22.5. The Morgan fingerprint density at radius 2 is 1.79 bits per heavy atom.